The van der Waals surface area contributed by atoms with Gasteiger partial charge in [0.05, 0.1) is 0 Å². The molecule has 2 rings (SSSR count). The fourth-order valence-electron chi connectivity index (χ4n) is 3.06. The number of halogens is 1. The Balaban J connectivity index is 2.11. The summed E-state index contributed by atoms with van der Waals surface area (Å²) < 4.78 is 14.2. The molecule has 1 aliphatic heterocycles. The molecule has 118 valence electrons. The van der Waals surface area contributed by atoms with Gasteiger partial charge in [0.15, 0.2) is 0 Å². The molecule has 0 aliphatic carbocycles. The van der Waals surface area contributed by atoms with Crippen molar-refractivity contribution < 1.29 is 4.39 Å². The number of benzene rings is 1. The van der Waals surface area contributed by atoms with Crippen LogP contribution < -0.4 is 10.2 Å². The molecule has 0 radical (unpaired) electrons. The molecule has 1 heterocycles. The van der Waals surface area contributed by atoms with Crippen molar-refractivity contribution in [3.05, 3.63) is 29.6 Å². The lowest BCUT2D eigenvalue weighted by atomic mass is 10.0. The van der Waals surface area contributed by atoms with Crippen molar-refractivity contribution in [2.75, 3.05) is 44.7 Å². The van der Waals surface area contributed by atoms with Crippen LogP contribution in [0.4, 0.5) is 10.1 Å². The van der Waals surface area contributed by atoms with Gasteiger partial charge in [-0.15, -0.1) is 0 Å². The summed E-state index contributed by atoms with van der Waals surface area (Å²) >= 11 is 0. The second-order valence-electron chi connectivity index (χ2n) is 6.36. The van der Waals surface area contributed by atoms with Crippen LogP contribution in [0.25, 0.3) is 0 Å². The van der Waals surface area contributed by atoms with E-state index in [-0.39, 0.29) is 11.9 Å². The topological polar surface area (TPSA) is 18.5 Å². The molecule has 1 aromatic carbocycles. The van der Waals surface area contributed by atoms with Gasteiger partial charge in [0.2, 0.25) is 0 Å². The van der Waals surface area contributed by atoms with E-state index in [1.54, 1.807) is 6.07 Å². The standard InChI is InChI=1S/C17H28FN3/c1-13(2)12-20-8-10-21(11-9-20)16-7-5-6-15(18)17(16)14(3)19-4/h5-7,13-14,19H,8-12H2,1-4H3. The van der Waals surface area contributed by atoms with Gasteiger partial charge >= 0.3 is 0 Å². The first-order valence-corrected chi connectivity index (χ1v) is 7.96. The molecule has 1 aromatic rings. The zero-order chi connectivity index (χ0) is 15.4. The lowest BCUT2D eigenvalue weighted by Crippen LogP contribution is -2.47. The molecule has 0 bridgehead atoms. The number of nitrogens with one attached hydrogen (secondary N) is 1. The van der Waals surface area contributed by atoms with Crippen LogP contribution in [0.2, 0.25) is 0 Å². The van der Waals surface area contributed by atoms with Gasteiger partial charge in [-0.05, 0) is 32.0 Å². The lowest BCUT2D eigenvalue weighted by molar-refractivity contribution is 0.231. The molecule has 3 nitrogen and oxygen atoms in total. The SMILES string of the molecule is CNC(C)c1c(F)cccc1N1CCN(CC(C)C)CC1. The van der Waals surface area contributed by atoms with Crippen molar-refractivity contribution in [2.45, 2.75) is 26.8 Å². The van der Waals surface area contributed by atoms with Crippen LogP contribution in [0.15, 0.2) is 18.2 Å². The Labute approximate surface area is 128 Å². The van der Waals surface area contributed by atoms with Crippen LogP contribution in [0.5, 0.6) is 0 Å². The van der Waals surface area contributed by atoms with Crippen LogP contribution in [0.3, 0.4) is 0 Å². The molecular formula is C17H28FN3. The molecule has 0 aromatic heterocycles. The summed E-state index contributed by atoms with van der Waals surface area (Å²) in [4.78, 5) is 4.82. The first kappa shape index (κ1) is 16.2. The number of piperazine rings is 1. The zero-order valence-electron chi connectivity index (χ0n) is 13.7. The van der Waals surface area contributed by atoms with Crippen molar-refractivity contribution in [3.8, 4) is 0 Å². The summed E-state index contributed by atoms with van der Waals surface area (Å²) in [7, 11) is 1.88. The average molecular weight is 293 g/mol. The minimum absolute atomic E-state index is 0.0230. The van der Waals surface area contributed by atoms with E-state index in [9.17, 15) is 4.39 Å². The Morgan fingerprint density at radius 1 is 1.14 bits per heavy atom. The Kier molecular flexibility index (Phi) is 5.59. The highest BCUT2D eigenvalue weighted by Gasteiger charge is 2.22. The molecule has 0 spiro atoms. The Bertz CT molecular complexity index is 453. The van der Waals surface area contributed by atoms with Crippen molar-refractivity contribution in [3.63, 3.8) is 0 Å². The molecule has 1 aliphatic rings. The third kappa shape index (κ3) is 3.95. The molecule has 1 fully saturated rings. The third-order valence-corrected chi connectivity index (χ3v) is 4.23. The summed E-state index contributed by atoms with van der Waals surface area (Å²) in [6, 6.07) is 5.44. The number of anilines is 1. The summed E-state index contributed by atoms with van der Waals surface area (Å²) in [5.74, 6) is 0.588. The van der Waals surface area contributed by atoms with Gasteiger partial charge in [-0.1, -0.05) is 19.9 Å². The highest BCUT2D eigenvalue weighted by Crippen LogP contribution is 2.29. The van der Waals surface area contributed by atoms with Gasteiger partial charge < -0.3 is 10.2 Å². The summed E-state index contributed by atoms with van der Waals surface area (Å²) in [6.07, 6.45) is 0. The predicted octanol–water partition coefficient (Wildman–Crippen LogP) is 2.88. The first-order valence-electron chi connectivity index (χ1n) is 7.96. The van der Waals surface area contributed by atoms with E-state index in [1.807, 2.05) is 26.1 Å². The van der Waals surface area contributed by atoms with Crippen LogP contribution in [-0.2, 0) is 0 Å². The predicted molar refractivity (Wildman–Crippen MR) is 87.4 cm³/mol. The molecule has 1 atom stereocenters. The molecule has 4 heteroatoms. The largest absolute Gasteiger partial charge is 0.369 e. The molecule has 1 saturated heterocycles. The van der Waals surface area contributed by atoms with Gasteiger partial charge in [0.25, 0.3) is 0 Å². The highest BCUT2D eigenvalue weighted by atomic mass is 19.1. The van der Waals surface area contributed by atoms with E-state index in [4.69, 9.17) is 0 Å². The van der Waals surface area contributed by atoms with E-state index in [2.05, 4.69) is 29.0 Å². The quantitative estimate of drug-likeness (QED) is 0.900. The van der Waals surface area contributed by atoms with E-state index in [0.29, 0.717) is 5.92 Å². The fraction of sp³-hybridized carbons (Fsp3) is 0.647. The fourth-order valence-corrected chi connectivity index (χ4v) is 3.06. The maximum absolute atomic E-state index is 14.2. The van der Waals surface area contributed by atoms with E-state index in [0.717, 1.165) is 44.0 Å². The monoisotopic (exact) mass is 293 g/mol. The van der Waals surface area contributed by atoms with Crippen molar-refractivity contribution >= 4 is 5.69 Å². The first-order chi connectivity index (χ1) is 10.0. The van der Waals surface area contributed by atoms with Crippen molar-refractivity contribution in [2.24, 2.45) is 5.92 Å². The van der Waals surface area contributed by atoms with E-state index >= 15 is 0 Å². The van der Waals surface area contributed by atoms with Gasteiger partial charge in [0, 0.05) is 50.0 Å². The van der Waals surface area contributed by atoms with Gasteiger partial charge in [-0.25, -0.2) is 4.39 Å². The molecular weight excluding hydrogens is 265 g/mol. The lowest BCUT2D eigenvalue weighted by Gasteiger charge is -2.38. The average Bonchev–Trinajstić information content (AvgIpc) is 2.46. The van der Waals surface area contributed by atoms with E-state index in [1.165, 1.54) is 0 Å². The molecule has 0 amide bonds. The summed E-state index contributed by atoms with van der Waals surface area (Å²) in [6.45, 7) is 11.7. The zero-order valence-corrected chi connectivity index (χ0v) is 13.7. The molecule has 1 N–H and O–H groups in total. The van der Waals surface area contributed by atoms with Gasteiger partial charge in [-0.2, -0.15) is 0 Å². The second kappa shape index (κ2) is 7.23. The molecule has 21 heavy (non-hydrogen) atoms. The van der Waals surface area contributed by atoms with Crippen LogP contribution in [-0.4, -0.2) is 44.7 Å². The van der Waals surface area contributed by atoms with Gasteiger partial charge in [0.1, 0.15) is 5.82 Å². The Hall–Kier alpha value is -1.13. The minimum Gasteiger partial charge on any atom is -0.369 e. The maximum atomic E-state index is 14.2. The number of rotatable bonds is 5. The minimum atomic E-state index is -0.112. The number of nitrogens with zero attached hydrogens (tertiary/aromatic N) is 2. The van der Waals surface area contributed by atoms with Crippen LogP contribution in [0, 0.1) is 11.7 Å². The Morgan fingerprint density at radius 2 is 1.81 bits per heavy atom. The number of hydrogen-bond donors (Lipinski definition) is 1. The Morgan fingerprint density at radius 3 is 2.38 bits per heavy atom. The molecule has 1 unspecified atom stereocenters. The second-order valence-corrected chi connectivity index (χ2v) is 6.36. The third-order valence-electron chi connectivity index (χ3n) is 4.23. The van der Waals surface area contributed by atoms with E-state index < -0.39 is 0 Å². The normalized spacial score (nSPS) is 18.3. The maximum Gasteiger partial charge on any atom is 0.130 e. The number of hydrogen-bond acceptors (Lipinski definition) is 3. The summed E-state index contributed by atoms with van der Waals surface area (Å²) in [5.41, 5.74) is 1.83. The highest BCUT2D eigenvalue weighted by molar-refractivity contribution is 5.56. The van der Waals surface area contributed by atoms with Crippen molar-refractivity contribution in [1.82, 2.24) is 10.2 Å². The smallest absolute Gasteiger partial charge is 0.130 e. The summed E-state index contributed by atoms with van der Waals surface area (Å²) in [5, 5.41) is 3.16. The molecule has 0 saturated carbocycles. The van der Waals surface area contributed by atoms with Crippen LogP contribution in [0.1, 0.15) is 32.4 Å². The van der Waals surface area contributed by atoms with Crippen molar-refractivity contribution in [1.29, 1.82) is 0 Å². The van der Waals surface area contributed by atoms with Crippen LogP contribution >= 0.6 is 0 Å². The van der Waals surface area contributed by atoms with Gasteiger partial charge in [-0.3, -0.25) is 4.90 Å².